The molecule has 5 N–H and O–H groups in total. The van der Waals surface area contributed by atoms with Gasteiger partial charge in [-0.05, 0) is 42.2 Å². The van der Waals surface area contributed by atoms with Crippen molar-refractivity contribution in [3.05, 3.63) is 81.8 Å². The quantitative estimate of drug-likeness (QED) is 0.279. The van der Waals surface area contributed by atoms with Crippen molar-refractivity contribution in [2.45, 2.75) is 25.8 Å². The molecule has 8 nitrogen and oxygen atoms in total. The Morgan fingerprint density at radius 1 is 1.18 bits per heavy atom. The van der Waals surface area contributed by atoms with Crippen molar-refractivity contribution in [1.29, 1.82) is 0 Å². The van der Waals surface area contributed by atoms with Gasteiger partial charge in [0.15, 0.2) is 0 Å². The Morgan fingerprint density at radius 2 is 2.03 bits per heavy atom. The van der Waals surface area contributed by atoms with Gasteiger partial charge in [0, 0.05) is 18.3 Å². The van der Waals surface area contributed by atoms with Crippen molar-refractivity contribution in [2.24, 2.45) is 4.99 Å². The first-order valence-corrected chi connectivity index (χ1v) is 11.6. The van der Waals surface area contributed by atoms with Gasteiger partial charge in [0.05, 0.1) is 35.9 Å². The third kappa shape index (κ3) is 4.32. The number of nitrogens with one attached hydrogen (secondary N) is 4. The maximum absolute atomic E-state index is 12.9. The molecule has 1 aliphatic rings. The topological polar surface area (TPSA) is 118 Å². The molecule has 34 heavy (non-hydrogen) atoms. The maximum atomic E-state index is 12.9. The van der Waals surface area contributed by atoms with Crippen LogP contribution in [0.25, 0.3) is 22.4 Å². The summed E-state index contributed by atoms with van der Waals surface area (Å²) < 4.78 is 0. The van der Waals surface area contributed by atoms with E-state index >= 15 is 0 Å². The van der Waals surface area contributed by atoms with E-state index in [-0.39, 0.29) is 18.2 Å². The third-order valence-corrected chi connectivity index (χ3v) is 6.10. The van der Waals surface area contributed by atoms with E-state index in [0.717, 1.165) is 53.1 Å². The number of amidine groups is 1. The summed E-state index contributed by atoms with van der Waals surface area (Å²) in [5.74, 6) is 1.38. The van der Waals surface area contributed by atoms with Gasteiger partial charge in [-0.3, -0.25) is 9.79 Å². The first-order chi connectivity index (χ1) is 16.7. The molecule has 0 bridgehead atoms. The first kappa shape index (κ1) is 21.9. The number of benzene rings is 2. The number of imidazole rings is 1. The first-order valence-electron chi connectivity index (χ1n) is 11.6. The number of H-pyrrole nitrogens is 2. The number of aromatic nitrogens is 3. The number of hydrogen-bond acceptors (Lipinski definition) is 6. The van der Waals surface area contributed by atoms with E-state index in [2.05, 4.69) is 38.6 Å². The molecule has 4 aromatic rings. The monoisotopic (exact) mass is 456 g/mol. The lowest BCUT2D eigenvalue weighted by Gasteiger charge is -2.19. The lowest BCUT2D eigenvalue weighted by atomic mass is 10.1. The predicted molar refractivity (Wildman–Crippen MR) is 136 cm³/mol. The fourth-order valence-corrected chi connectivity index (χ4v) is 4.42. The lowest BCUT2D eigenvalue weighted by Crippen LogP contribution is -2.28. The number of aryl methyl sites for hydroxylation is 1. The molecule has 0 saturated carbocycles. The number of aliphatic imine (C=N–C) groups is 1. The minimum atomic E-state index is -0.253. The van der Waals surface area contributed by atoms with E-state index in [4.69, 9.17) is 4.98 Å². The van der Waals surface area contributed by atoms with Gasteiger partial charge in [-0.15, -0.1) is 0 Å². The molecular weight excluding hydrogens is 428 g/mol. The van der Waals surface area contributed by atoms with Crippen molar-refractivity contribution in [3.63, 3.8) is 0 Å². The minimum Gasteiger partial charge on any atom is -0.394 e. The molecule has 0 amide bonds. The number of anilines is 1. The number of fused-ring (bicyclic) bond motifs is 1. The van der Waals surface area contributed by atoms with E-state index in [0.29, 0.717) is 23.5 Å². The van der Waals surface area contributed by atoms with Gasteiger partial charge >= 0.3 is 0 Å². The molecular formula is C26H28N6O2. The SMILES string of the molecule is CCc1cc(C2=NCCN2)cc2[nH]c(-c3c(NC(CO)Cc4ccccc4)cc[nH]c3=O)nc12. The van der Waals surface area contributed by atoms with Crippen molar-refractivity contribution >= 4 is 22.6 Å². The van der Waals surface area contributed by atoms with Crippen LogP contribution in [0, 0.1) is 0 Å². The summed E-state index contributed by atoms with van der Waals surface area (Å²) in [6, 6.07) is 15.7. The van der Waals surface area contributed by atoms with Gasteiger partial charge in [-0.1, -0.05) is 37.3 Å². The Balaban J connectivity index is 1.53. The Labute approximate surface area is 197 Å². The van der Waals surface area contributed by atoms with Gasteiger partial charge in [0.1, 0.15) is 17.2 Å². The highest BCUT2D eigenvalue weighted by Crippen LogP contribution is 2.28. The Morgan fingerprint density at radius 3 is 2.76 bits per heavy atom. The molecule has 2 aromatic heterocycles. The summed E-state index contributed by atoms with van der Waals surface area (Å²) in [6.45, 7) is 3.63. The van der Waals surface area contributed by atoms with Crippen LogP contribution in [0.4, 0.5) is 5.69 Å². The highest BCUT2D eigenvalue weighted by atomic mass is 16.3. The second-order valence-corrected chi connectivity index (χ2v) is 8.44. The second kappa shape index (κ2) is 9.52. The zero-order valence-electron chi connectivity index (χ0n) is 19.1. The standard InChI is InChI=1S/C26H28N6O2/c1-2-17-13-18(24-27-10-11-28-24)14-21-23(17)32-25(31-21)22-20(8-9-29-26(22)34)30-19(15-33)12-16-6-4-3-5-7-16/h3-9,13-14,19,33H,2,10-12,15H2,1H3,(H,27,28)(H,31,32)(H2,29,30,34). The molecule has 0 radical (unpaired) electrons. The summed E-state index contributed by atoms with van der Waals surface area (Å²) >= 11 is 0. The van der Waals surface area contributed by atoms with Gasteiger partial charge in [0.2, 0.25) is 0 Å². The zero-order valence-corrected chi connectivity index (χ0v) is 19.1. The van der Waals surface area contributed by atoms with E-state index in [1.165, 1.54) is 0 Å². The summed E-state index contributed by atoms with van der Waals surface area (Å²) in [5, 5.41) is 16.7. The van der Waals surface area contributed by atoms with E-state index in [1.807, 2.05) is 36.4 Å². The molecule has 1 unspecified atom stereocenters. The molecule has 5 rings (SSSR count). The van der Waals surface area contributed by atoms with Crippen molar-refractivity contribution in [1.82, 2.24) is 20.3 Å². The minimum absolute atomic E-state index is 0.0697. The van der Waals surface area contributed by atoms with Crippen molar-refractivity contribution in [3.8, 4) is 11.4 Å². The van der Waals surface area contributed by atoms with Crippen LogP contribution in [0.1, 0.15) is 23.6 Å². The molecule has 2 aromatic carbocycles. The fraction of sp³-hybridized carbons (Fsp3) is 0.269. The van der Waals surface area contributed by atoms with Crippen LogP contribution in [-0.2, 0) is 12.8 Å². The predicted octanol–water partition coefficient (Wildman–Crippen LogP) is 2.85. The van der Waals surface area contributed by atoms with Crippen LogP contribution in [-0.4, -0.2) is 51.6 Å². The number of pyridine rings is 1. The zero-order chi connectivity index (χ0) is 23.5. The average Bonchev–Trinajstić information content (AvgIpc) is 3.54. The summed E-state index contributed by atoms with van der Waals surface area (Å²) in [7, 11) is 0. The molecule has 174 valence electrons. The van der Waals surface area contributed by atoms with Gasteiger partial charge in [-0.2, -0.15) is 0 Å². The lowest BCUT2D eigenvalue weighted by molar-refractivity contribution is 0.274. The van der Waals surface area contributed by atoms with Crippen LogP contribution in [0.15, 0.2) is 64.5 Å². The number of hydrogen-bond donors (Lipinski definition) is 5. The highest BCUT2D eigenvalue weighted by Gasteiger charge is 2.19. The number of aliphatic hydroxyl groups is 1. The summed E-state index contributed by atoms with van der Waals surface area (Å²) in [5.41, 5.74) is 5.71. The van der Waals surface area contributed by atoms with Crippen molar-refractivity contribution < 1.29 is 5.11 Å². The molecule has 0 fully saturated rings. The fourth-order valence-electron chi connectivity index (χ4n) is 4.42. The Bertz CT molecular complexity index is 1390. The molecule has 0 saturated heterocycles. The number of aromatic amines is 2. The van der Waals surface area contributed by atoms with Crippen molar-refractivity contribution in [2.75, 3.05) is 25.0 Å². The number of rotatable bonds is 8. The van der Waals surface area contributed by atoms with Gasteiger partial charge in [0.25, 0.3) is 5.56 Å². The molecule has 3 heterocycles. The second-order valence-electron chi connectivity index (χ2n) is 8.44. The normalized spacial score (nSPS) is 14.1. The van der Waals surface area contributed by atoms with Crippen LogP contribution in [0.2, 0.25) is 0 Å². The summed E-state index contributed by atoms with van der Waals surface area (Å²) in [4.78, 5) is 28.4. The van der Waals surface area contributed by atoms with Crippen LogP contribution in [0.5, 0.6) is 0 Å². The molecule has 8 heteroatoms. The van der Waals surface area contributed by atoms with E-state index in [9.17, 15) is 9.90 Å². The van der Waals surface area contributed by atoms with Gasteiger partial charge < -0.3 is 25.7 Å². The average molecular weight is 457 g/mol. The highest BCUT2D eigenvalue weighted by molar-refractivity contribution is 6.03. The molecule has 1 aliphatic heterocycles. The molecule has 0 aliphatic carbocycles. The van der Waals surface area contributed by atoms with Gasteiger partial charge in [-0.25, -0.2) is 4.98 Å². The van der Waals surface area contributed by atoms with Crippen LogP contribution >= 0.6 is 0 Å². The van der Waals surface area contributed by atoms with Crippen LogP contribution < -0.4 is 16.2 Å². The smallest absolute Gasteiger partial charge is 0.261 e. The number of nitrogens with zero attached hydrogens (tertiary/aromatic N) is 2. The Kier molecular flexibility index (Phi) is 6.14. The Hall–Kier alpha value is -3.91. The van der Waals surface area contributed by atoms with E-state index < -0.39 is 0 Å². The summed E-state index contributed by atoms with van der Waals surface area (Å²) in [6.07, 6.45) is 3.04. The molecule has 1 atom stereocenters. The number of aliphatic hydroxyl groups excluding tert-OH is 1. The third-order valence-electron chi connectivity index (χ3n) is 6.10. The maximum Gasteiger partial charge on any atom is 0.261 e. The molecule has 0 spiro atoms. The van der Waals surface area contributed by atoms with Crippen LogP contribution in [0.3, 0.4) is 0 Å². The van der Waals surface area contributed by atoms with E-state index in [1.54, 1.807) is 12.3 Å². The largest absolute Gasteiger partial charge is 0.394 e.